The molecule has 104 valence electrons. The zero-order chi connectivity index (χ0) is 13.8. The van der Waals surface area contributed by atoms with Crippen LogP contribution in [0.5, 0.6) is 0 Å². The van der Waals surface area contributed by atoms with Crippen molar-refractivity contribution in [3.05, 3.63) is 40.3 Å². The molecule has 0 aromatic carbocycles. The molecule has 0 fully saturated rings. The third-order valence-electron chi connectivity index (χ3n) is 1.53. The molecule has 0 amide bonds. The summed E-state index contributed by atoms with van der Waals surface area (Å²) in [5, 5.41) is 11.2. The van der Waals surface area contributed by atoms with Gasteiger partial charge in [0.2, 0.25) is 0 Å². The molecule has 0 unspecified atom stereocenters. The molecule has 0 aliphatic heterocycles. The van der Waals surface area contributed by atoms with Gasteiger partial charge in [0.15, 0.2) is 0 Å². The largest absolute Gasteiger partial charge is 4.00 e. The van der Waals surface area contributed by atoms with Crippen molar-refractivity contribution >= 4 is 0 Å². The monoisotopic (exact) mass is 287 g/mol. The van der Waals surface area contributed by atoms with E-state index in [1.807, 2.05) is 32.9 Å². The molecule has 0 N–H and O–H groups in total. The van der Waals surface area contributed by atoms with Crippen molar-refractivity contribution in [3.63, 3.8) is 0 Å². The minimum absolute atomic E-state index is 0. The summed E-state index contributed by atoms with van der Waals surface area (Å²) >= 11 is 0. The van der Waals surface area contributed by atoms with Gasteiger partial charge in [-0.25, -0.2) is 12.2 Å². The van der Waals surface area contributed by atoms with E-state index in [1.54, 1.807) is 21.1 Å². The van der Waals surface area contributed by atoms with Gasteiger partial charge in [0, 0.05) is 0 Å². The van der Waals surface area contributed by atoms with Gasteiger partial charge in [-0.2, -0.15) is 46.9 Å². The molecule has 4 heteroatoms. The van der Waals surface area contributed by atoms with Crippen molar-refractivity contribution in [1.82, 2.24) is 0 Å². The maximum absolute atomic E-state index is 3.74. The van der Waals surface area contributed by atoms with Crippen LogP contribution in [0.1, 0.15) is 27.2 Å². The Hall–Kier alpha value is 0.0743. The molecule has 0 aromatic rings. The van der Waals surface area contributed by atoms with E-state index in [4.69, 9.17) is 0 Å². The normalized spacial score (nSPS) is 9.89. The molecule has 0 heterocycles. The molecule has 18 heavy (non-hydrogen) atoms. The van der Waals surface area contributed by atoms with Gasteiger partial charge in [0.25, 0.3) is 0 Å². The first kappa shape index (κ1) is 26.6. The van der Waals surface area contributed by atoms with E-state index in [1.165, 1.54) is 0 Å². The zero-order valence-corrected chi connectivity index (χ0v) is 14.5. The van der Waals surface area contributed by atoms with E-state index in [0.29, 0.717) is 0 Å². The van der Waals surface area contributed by atoms with Crippen LogP contribution >= 0.6 is 0 Å². The predicted octanol–water partition coefficient (Wildman–Crippen LogP) is 4.33. The topological polar surface area (TPSA) is 42.3 Å². The maximum Gasteiger partial charge on any atom is 4.00 e. The van der Waals surface area contributed by atoms with Crippen molar-refractivity contribution in [3.8, 4) is 0 Å². The van der Waals surface area contributed by atoms with Crippen molar-refractivity contribution in [2.45, 2.75) is 27.2 Å². The number of hydrogen-bond donors (Lipinski definition) is 0. The minimum Gasteiger partial charge on any atom is -0.665 e. The Labute approximate surface area is 130 Å². The summed E-state index contributed by atoms with van der Waals surface area (Å²) in [7, 11) is 5.42. The second-order valence-electron chi connectivity index (χ2n) is 2.90. The molecule has 0 saturated heterocycles. The van der Waals surface area contributed by atoms with Crippen LogP contribution in [0.2, 0.25) is 0 Å². The third kappa shape index (κ3) is 56.0. The van der Waals surface area contributed by atoms with Gasteiger partial charge in [-0.1, -0.05) is 20.8 Å². The van der Waals surface area contributed by atoms with Crippen LogP contribution in [0.4, 0.5) is 0 Å². The molecule has 0 radical (unpaired) electrons. The van der Waals surface area contributed by atoms with Crippen LogP contribution in [0, 0.1) is 6.08 Å². The third-order valence-corrected chi connectivity index (χ3v) is 1.53. The van der Waals surface area contributed by atoms with Gasteiger partial charge in [0.1, 0.15) is 0 Å². The molecule has 1 rings (SSSR count). The standard InChI is InChI=1S/C5H5.3C3H8N.Ti/c1-2-4-5-3-1;3*1-3-4-2;/h1-3H,4H2;3*3H2,1-2H3;/q4*-1;+4. The number of nitrogens with zero attached hydrogens (tertiary/aromatic N) is 3. The Bertz CT molecular complexity index is 122. The average Bonchev–Trinajstić information content (AvgIpc) is 2.98. The van der Waals surface area contributed by atoms with Gasteiger partial charge >= 0.3 is 21.7 Å². The van der Waals surface area contributed by atoms with E-state index in [9.17, 15) is 0 Å². The van der Waals surface area contributed by atoms with E-state index < -0.39 is 0 Å². The number of allylic oxidation sites excluding steroid dienone is 4. The zero-order valence-electron chi connectivity index (χ0n) is 12.9. The SMILES string of the molecule is CC[N-]C.CC[N-]C.CC[N-]C.[C-]1=CC=CC1.[Ti+4]. The molecular weight excluding hydrogens is 258 g/mol. The number of rotatable bonds is 3. The van der Waals surface area contributed by atoms with E-state index in [-0.39, 0.29) is 21.7 Å². The summed E-state index contributed by atoms with van der Waals surface area (Å²) in [5.74, 6) is 0. The molecule has 0 spiro atoms. The molecular formula is C14H29N3Ti. The molecule has 3 nitrogen and oxygen atoms in total. The van der Waals surface area contributed by atoms with Crippen LogP contribution in [0.3, 0.4) is 0 Å². The molecule has 0 aromatic heterocycles. The Morgan fingerprint density at radius 3 is 1.28 bits per heavy atom. The van der Waals surface area contributed by atoms with Crippen molar-refractivity contribution < 1.29 is 21.7 Å². The van der Waals surface area contributed by atoms with Crippen LogP contribution in [0.15, 0.2) is 18.2 Å². The van der Waals surface area contributed by atoms with Crippen molar-refractivity contribution in [1.29, 1.82) is 0 Å². The fraction of sp³-hybridized carbons (Fsp3) is 0.714. The summed E-state index contributed by atoms with van der Waals surface area (Å²) in [6.45, 7) is 8.88. The average molecular weight is 287 g/mol. The fourth-order valence-electron chi connectivity index (χ4n) is 0.340. The smallest absolute Gasteiger partial charge is 0.665 e. The molecule has 0 atom stereocenters. The van der Waals surface area contributed by atoms with Crippen molar-refractivity contribution in [2.24, 2.45) is 0 Å². The maximum atomic E-state index is 3.74. The Balaban J connectivity index is -0.0000000719. The second-order valence-corrected chi connectivity index (χ2v) is 2.90. The predicted molar refractivity (Wildman–Crippen MR) is 81.0 cm³/mol. The quantitative estimate of drug-likeness (QED) is 0.547. The molecule has 0 saturated carbocycles. The van der Waals surface area contributed by atoms with E-state index in [2.05, 4.69) is 28.1 Å². The molecule has 1 aliphatic carbocycles. The first-order chi connectivity index (χ1) is 8.24. The Morgan fingerprint density at radius 1 is 0.889 bits per heavy atom. The van der Waals surface area contributed by atoms with Gasteiger partial charge in [-0.3, -0.25) is 6.08 Å². The molecule has 1 aliphatic rings. The summed E-state index contributed by atoms with van der Waals surface area (Å²) in [5.41, 5.74) is 0. The first-order valence-corrected chi connectivity index (χ1v) is 6.13. The Kier molecular flexibility index (Phi) is 53.2. The summed E-state index contributed by atoms with van der Waals surface area (Å²) in [4.78, 5) is 0. The summed E-state index contributed by atoms with van der Waals surface area (Å²) in [6.07, 6.45) is 10.0. The van der Waals surface area contributed by atoms with E-state index >= 15 is 0 Å². The van der Waals surface area contributed by atoms with Crippen LogP contribution in [-0.4, -0.2) is 40.8 Å². The summed E-state index contributed by atoms with van der Waals surface area (Å²) in [6, 6.07) is 0. The Morgan fingerprint density at radius 2 is 1.22 bits per heavy atom. The van der Waals surface area contributed by atoms with Gasteiger partial charge < -0.3 is 16.0 Å². The van der Waals surface area contributed by atoms with Gasteiger partial charge in [0.05, 0.1) is 0 Å². The van der Waals surface area contributed by atoms with E-state index in [0.717, 1.165) is 26.1 Å². The van der Waals surface area contributed by atoms with Crippen molar-refractivity contribution in [2.75, 3.05) is 40.8 Å². The first-order valence-electron chi connectivity index (χ1n) is 6.13. The van der Waals surface area contributed by atoms with Gasteiger partial charge in [-0.05, 0) is 0 Å². The summed E-state index contributed by atoms with van der Waals surface area (Å²) < 4.78 is 0. The number of hydrogen-bond acceptors (Lipinski definition) is 0. The van der Waals surface area contributed by atoms with Gasteiger partial charge in [-0.15, -0.1) is 6.42 Å². The molecule has 0 bridgehead atoms. The van der Waals surface area contributed by atoms with Crippen LogP contribution in [0.25, 0.3) is 16.0 Å². The second kappa shape index (κ2) is 36.0. The minimum atomic E-state index is 0. The fourth-order valence-corrected chi connectivity index (χ4v) is 0.340. The van der Waals surface area contributed by atoms with Crippen LogP contribution < -0.4 is 0 Å². The van der Waals surface area contributed by atoms with Crippen LogP contribution in [-0.2, 0) is 21.7 Å².